The molecule has 2 rings (SSSR count). The second-order valence-electron chi connectivity index (χ2n) is 5.40. The Kier molecular flexibility index (Phi) is 4.61. The van der Waals surface area contributed by atoms with Gasteiger partial charge in [-0.05, 0) is 25.8 Å². The molecule has 1 aromatic heterocycles. The molecule has 19 heavy (non-hydrogen) atoms. The lowest BCUT2D eigenvalue weighted by Gasteiger charge is -2.30. The molecule has 0 radical (unpaired) electrons. The Morgan fingerprint density at radius 3 is 2.84 bits per heavy atom. The van der Waals surface area contributed by atoms with E-state index in [9.17, 15) is 9.90 Å². The van der Waals surface area contributed by atoms with Crippen molar-refractivity contribution in [2.24, 2.45) is 5.92 Å². The summed E-state index contributed by atoms with van der Waals surface area (Å²) < 4.78 is 5.17. The van der Waals surface area contributed by atoms with Crippen molar-refractivity contribution in [2.75, 3.05) is 13.6 Å². The van der Waals surface area contributed by atoms with Crippen molar-refractivity contribution in [3.05, 3.63) is 28.3 Å². The van der Waals surface area contributed by atoms with Gasteiger partial charge in [-0.3, -0.25) is 9.69 Å². The van der Waals surface area contributed by atoms with E-state index in [2.05, 4.69) is 0 Å². The largest absolute Gasteiger partial charge is 0.502 e. The van der Waals surface area contributed by atoms with Gasteiger partial charge in [-0.2, -0.15) is 0 Å². The molecule has 1 aliphatic carbocycles. The summed E-state index contributed by atoms with van der Waals surface area (Å²) in [6, 6.07) is 1.31. The molecule has 5 heteroatoms. The first-order valence-corrected chi connectivity index (χ1v) is 6.73. The third-order valence-corrected chi connectivity index (χ3v) is 3.71. The Labute approximate surface area is 112 Å². The highest BCUT2D eigenvalue weighted by molar-refractivity contribution is 5.15. The maximum Gasteiger partial charge on any atom is 0.226 e. The first-order chi connectivity index (χ1) is 9.06. The van der Waals surface area contributed by atoms with Gasteiger partial charge in [0, 0.05) is 12.6 Å². The van der Waals surface area contributed by atoms with Crippen LogP contribution in [0.4, 0.5) is 0 Å². The van der Waals surface area contributed by atoms with Gasteiger partial charge in [0.05, 0.1) is 12.6 Å². The van der Waals surface area contributed by atoms with Crippen LogP contribution < -0.4 is 5.43 Å². The molecule has 1 heterocycles. The van der Waals surface area contributed by atoms with Crippen LogP contribution in [0.2, 0.25) is 0 Å². The van der Waals surface area contributed by atoms with Crippen LogP contribution in [-0.2, 0) is 6.54 Å². The van der Waals surface area contributed by atoms with Gasteiger partial charge in [0.2, 0.25) is 5.43 Å². The van der Waals surface area contributed by atoms with Crippen molar-refractivity contribution < 1.29 is 14.6 Å². The highest BCUT2D eigenvalue weighted by atomic mass is 16.4. The second-order valence-corrected chi connectivity index (χ2v) is 5.40. The molecule has 0 saturated heterocycles. The summed E-state index contributed by atoms with van der Waals surface area (Å²) in [7, 11) is 1.94. The standard InChI is InChI=1S/C14H21NO4/c1-15(7-10-4-2-3-5-12(10)16)8-11-6-13(17)14(18)9-19-11/h6,9-10,12,16,18H,2-5,7-8H2,1H3. The minimum atomic E-state index is -0.424. The van der Waals surface area contributed by atoms with Gasteiger partial charge in [-0.25, -0.2) is 0 Å². The Hall–Kier alpha value is -1.33. The average Bonchev–Trinajstić information content (AvgIpc) is 2.37. The van der Waals surface area contributed by atoms with E-state index in [4.69, 9.17) is 9.52 Å². The Bertz CT molecular complexity index is 471. The van der Waals surface area contributed by atoms with Crippen LogP contribution in [-0.4, -0.2) is 34.8 Å². The molecule has 1 aromatic rings. The number of rotatable bonds is 4. The van der Waals surface area contributed by atoms with E-state index >= 15 is 0 Å². The minimum absolute atomic E-state index is 0.219. The number of nitrogens with zero attached hydrogens (tertiary/aromatic N) is 1. The number of aliphatic hydroxyl groups is 1. The Morgan fingerprint density at radius 1 is 1.42 bits per heavy atom. The number of hydrogen-bond donors (Lipinski definition) is 2. The fraction of sp³-hybridized carbons (Fsp3) is 0.643. The van der Waals surface area contributed by atoms with E-state index in [0.29, 0.717) is 18.2 Å². The summed E-state index contributed by atoms with van der Waals surface area (Å²) in [5.41, 5.74) is -0.424. The molecule has 1 saturated carbocycles. The minimum Gasteiger partial charge on any atom is -0.502 e. The first-order valence-electron chi connectivity index (χ1n) is 6.73. The third kappa shape index (κ3) is 3.81. The zero-order valence-electron chi connectivity index (χ0n) is 11.2. The fourth-order valence-electron chi connectivity index (χ4n) is 2.66. The van der Waals surface area contributed by atoms with Gasteiger partial charge in [-0.1, -0.05) is 12.8 Å². The number of aliphatic hydroxyl groups excluding tert-OH is 1. The lowest BCUT2D eigenvalue weighted by Crippen LogP contribution is -2.34. The zero-order chi connectivity index (χ0) is 13.8. The molecule has 0 spiro atoms. The summed E-state index contributed by atoms with van der Waals surface area (Å²) in [5.74, 6) is 0.451. The lowest BCUT2D eigenvalue weighted by atomic mass is 9.86. The van der Waals surface area contributed by atoms with Crippen LogP contribution in [0, 0.1) is 5.92 Å². The topological polar surface area (TPSA) is 73.9 Å². The Balaban J connectivity index is 1.91. The molecule has 106 valence electrons. The SMILES string of the molecule is CN(Cc1cc(=O)c(O)co1)CC1CCCCC1O. The van der Waals surface area contributed by atoms with Crippen molar-refractivity contribution in [2.45, 2.75) is 38.3 Å². The molecule has 2 unspecified atom stereocenters. The average molecular weight is 267 g/mol. The molecule has 2 atom stereocenters. The number of hydrogen-bond acceptors (Lipinski definition) is 5. The maximum atomic E-state index is 11.3. The highest BCUT2D eigenvalue weighted by Gasteiger charge is 2.24. The van der Waals surface area contributed by atoms with Crippen LogP contribution >= 0.6 is 0 Å². The molecule has 2 N–H and O–H groups in total. The first kappa shape index (κ1) is 14.1. The van der Waals surface area contributed by atoms with Gasteiger partial charge in [0.15, 0.2) is 5.75 Å². The molecule has 1 fully saturated rings. The second kappa shape index (κ2) is 6.21. The summed E-state index contributed by atoms with van der Waals surface area (Å²) in [5, 5.41) is 19.1. The van der Waals surface area contributed by atoms with Crippen molar-refractivity contribution in [3.8, 4) is 5.75 Å². The van der Waals surface area contributed by atoms with Gasteiger partial charge in [0.25, 0.3) is 0 Å². The van der Waals surface area contributed by atoms with E-state index in [1.54, 1.807) is 0 Å². The molecule has 0 bridgehead atoms. The van der Waals surface area contributed by atoms with E-state index in [-0.39, 0.29) is 11.9 Å². The normalized spacial score (nSPS) is 23.7. The van der Waals surface area contributed by atoms with Crippen LogP contribution in [0.5, 0.6) is 5.75 Å². The smallest absolute Gasteiger partial charge is 0.226 e. The predicted molar refractivity (Wildman–Crippen MR) is 70.9 cm³/mol. The summed E-state index contributed by atoms with van der Waals surface area (Å²) in [6.07, 6.45) is 5.06. The van der Waals surface area contributed by atoms with Gasteiger partial charge < -0.3 is 14.6 Å². The van der Waals surface area contributed by atoms with Crippen molar-refractivity contribution in [1.29, 1.82) is 0 Å². The molecular formula is C14H21NO4. The maximum absolute atomic E-state index is 11.3. The fourth-order valence-corrected chi connectivity index (χ4v) is 2.66. The lowest BCUT2D eigenvalue weighted by molar-refractivity contribution is 0.0489. The summed E-state index contributed by atoms with van der Waals surface area (Å²) in [4.78, 5) is 13.3. The van der Waals surface area contributed by atoms with E-state index in [1.807, 2.05) is 11.9 Å². The molecule has 0 aliphatic heterocycles. The van der Waals surface area contributed by atoms with Crippen LogP contribution in [0.15, 0.2) is 21.5 Å². The Morgan fingerprint density at radius 2 is 2.16 bits per heavy atom. The predicted octanol–water partition coefficient (Wildman–Crippen LogP) is 1.33. The van der Waals surface area contributed by atoms with Gasteiger partial charge in [0.1, 0.15) is 12.0 Å². The molecule has 0 amide bonds. The zero-order valence-corrected chi connectivity index (χ0v) is 11.2. The van der Waals surface area contributed by atoms with Crippen molar-refractivity contribution in [3.63, 3.8) is 0 Å². The quantitative estimate of drug-likeness (QED) is 0.861. The highest BCUT2D eigenvalue weighted by Crippen LogP contribution is 2.25. The summed E-state index contributed by atoms with van der Waals surface area (Å²) in [6.45, 7) is 1.28. The number of aromatic hydroxyl groups is 1. The third-order valence-electron chi connectivity index (χ3n) is 3.71. The van der Waals surface area contributed by atoms with Gasteiger partial charge in [-0.15, -0.1) is 0 Å². The molecule has 1 aliphatic rings. The molecular weight excluding hydrogens is 246 g/mol. The van der Waals surface area contributed by atoms with Crippen LogP contribution in [0.1, 0.15) is 31.4 Å². The van der Waals surface area contributed by atoms with Crippen LogP contribution in [0.25, 0.3) is 0 Å². The van der Waals surface area contributed by atoms with Crippen molar-refractivity contribution >= 4 is 0 Å². The molecule has 0 aromatic carbocycles. The molecule has 5 nitrogen and oxygen atoms in total. The van der Waals surface area contributed by atoms with E-state index in [0.717, 1.165) is 32.1 Å². The van der Waals surface area contributed by atoms with E-state index < -0.39 is 5.43 Å². The monoisotopic (exact) mass is 267 g/mol. The van der Waals surface area contributed by atoms with E-state index in [1.165, 1.54) is 12.5 Å². The summed E-state index contributed by atoms with van der Waals surface area (Å²) >= 11 is 0. The van der Waals surface area contributed by atoms with Crippen molar-refractivity contribution in [1.82, 2.24) is 4.90 Å². The van der Waals surface area contributed by atoms with Crippen LogP contribution in [0.3, 0.4) is 0 Å². The van der Waals surface area contributed by atoms with Gasteiger partial charge >= 0.3 is 0 Å².